The van der Waals surface area contributed by atoms with Gasteiger partial charge < -0.3 is 9.84 Å². The predicted molar refractivity (Wildman–Crippen MR) is 85.5 cm³/mol. The second-order valence-electron chi connectivity index (χ2n) is 4.70. The standard InChI is InChI=1S/C16H16BrClO2/c1-10-3-4-11(14(18)7-10)8-15(19)13-9-12(17)5-6-16(13)20-2/h3-7,9,15,19H,8H2,1-2H3. The third-order valence-corrected chi connectivity index (χ3v) is 4.02. The van der Waals surface area contributed by atoms with Crippen LogP contribution in [0.1, 0.15) is 22.8 Å². The van der Waals surface area contributed by atoms with Crippen LogP contribution < -0.4 is 4.74 Å². The van der Waals surface area contributed by atoms with Gasteiger partial charge in [-0.15, -0.1) is 0 Å². The fourth-order valence-electron chi connectivity index (χ4n) is 2.10. The molecule has 1 unspecified atom stereocenters. The minimum atomic E-state index is -0.664. The van der Waals surface area contributed by atoms with Crippen molar-refractivity contribution in [2.75, 3.05) is 7.11 Å². The minimum absolute atomic E-state index is 0.450. The summed E-state index contributed by atoms with van der Waals surface area (Å²) < 4.78 is 6.20. The van der Waals surface area contributed by atoms with Crippen molar-refractivity contribution >= 4 is 27.5 Å². The van der Waals surface area contributed by atoms with Crippen LogP contribution in [0.15, 0.2) is 40.9 Å². The molecule has 4 heteroatoms. The molecule has 2 rings (SSSR count). The molecule has 0 aliphatic rings. The van der Waals surface area contributed by atoms with Crippen LogP contribution in [-0.4, -0.2) is 12.2 Å². The molecule has 0 aliphatic carbocycles. The van der Waals surface area contributed by atoms with Gasteiger partial charge in [0.25, 0.3) is 0 Å². The molecule has 1 atom stereocenters. The van der Waals surface area contributed by atoms with E-state index in [9.17, 15) is 5.11 Å². The Labute approximate surface area is 132 Å². The van der Waals surface area contributed by atoms with Crippen molar-refractivity contribution in [3.8, 4) is 5.75 Å². The van der Waals surface area contributed by atoms with E-state index in [1.54, 1.807) is 7.11 Å². The van der Waals surface area contributed by atoms with Gasteiger partial charge in [-0.1, -0.05) is 39.7 Å². The number of aliphatic hydroxyl groups is 1. The number of aryl methyl sites for hydroxylation is 1. The van der Waals surface area contributed by atoms with Gasteiger partial charge >= 0.3 is 0 Å². The van der Waals surface area contributed by atoms with Gasteiger partial charge in [-0.2, -0.15) is 0 Å². The average molecular weight is 356 g/mol. The summed E-state index contributed by atoms with van der Waals surface area (Å²) in [7, 11) is 1.60. The summed E-state index contributed by atoms with van der Waals surface area (Å²) in [6.07, 6.45) is -0.214. The Morgan fingerprint density at radius 2 is 2.00 bits per heavy atom. The first-order valence-electron chi connectivity index (χ1n) is 6.28. The van der Waals surface area contributed by atoms with Gasteiger partial charge in [-0.05, 0) is 42.3 Å². The third-order valence-electron chi connectivity index (χ3n) is 3.17. The van der Waals surface area contributed by atoms with Crippen molar-refractivity contribution in [3.63, 3.8) is 0 Å². The lowest BCUT2D eigenvalue weighted by atomic mass is 10.00. The first kappa shape index (κ1) is 15.4. The van der Waals surface area contributed by atoms with Crippen molar-refractivity contribution in [3.05, 3.63) is 62.6 Å². The van der Waals surface area contributed by atoms with E-state index in [2.05, 4.69) is 15.9 Å². The molecular weight excluding hydrogens is 340 g/mol. The molecule has 1 N–H and O–H groups in total. The van der Waals surface area contributed by atoms with E-state index in [1.807, 2.05) is 43.3 Å². The summed E-state index contributed by atoms with van der Waals surface area (Å²) in [6.45, 7) is 1.99. The molecule has 0 saturated heterocycles. The van der Waals surface area contributed by atoms with Crippen molar-refractivity contribution in [1.29, 1.82) is 0 Å². The number of benzene rings is 2. The minimum Gasteiger partial charge on any atom is -0.496 e. The van der Waals surface area contributed by atoms with Crippen LogP contribution >= 0.6 is 27.5 Å². The Balaban J connectivity index is 2.27. The highest BCUT2D eigenvalue weighted by Crippen LogP contribution is 2.32. The first-order valence-corrected chi connectivity index (χ1v) is 7.45. The molecule has 20 heavy (non-hydrogen) atoms. The van der Waals surface area contributed by atoms with Crippen molar-refractivity contribution in [1.82, 2.24) is 0 Å². The van der Waals surface area contributed by atoms with Gasteiger partial charge in [0.15, 0.2) is 0 Å². The van der Waals surface area contributed by atoms with Gasteiger partial charge in [0.1, 0.15) is 5.75 Å². The highest BCUT2D eigenvalue weighted by molar-refractivity contribution is 9.10. The first-order chi connectivity index (χ1) is 9.51. The number of rotatable bonds is 4. The molecule has 2 aromatic rings. The lowest BCUT2D eigenvalue weighted by molar-refractivity contribution is 0.174. The van der Waals surface area contributed by atoms with Gasteiger partial charge in [-0.25, -0.2) is 0 Å². The van der Waals surface area contributed by atoms with Crippen LogP contribution in [0.5, 0.6) is 5.75 Å². The average Bonchev–Trinajstić information content (AvgIpc) is 2.41. The molecule has 0 bridgehead atoms. The summed E-state index contributed by atoms with van der Waals surface area (Å²) in [6, 6.07) is 11.4. The molecule has 106 valence electrons. The molecule has 0 heterocycles. The Morgan fingerprint density at radius 1 is 1.25 bits per heavy atom. The van der Waals surface area contributed by atoms with Gasteiger partial charge in [0, 0.05) is 21.5 Å². The molecule has 2 nitrogen and oxygen atoms in total. The zero-order valence-electron chi connectivity index (χ0n) is 11.4. The zero-order chi connectivity index (χ0) is 14.7. The van der Waals surface area contributed by atoms with Crippen molar-refractivity contribution in [2.24, 2.45) is 0 Å². The van der Waals surface area contributed by atoms with E-state index in [-0.39, 0.29) is 0 Å². The monoisotopic (exact) mass is 354 g/mol. The highest BCUT2D eigenvalue weighted by atomic mass is 79.9. The van der Waals surface area contributed by atoms with Crippen LogP contribution in [0.3, 0.4) is 0 Å². The number of ether oxygens (including phenoxy) is 1. The van der Waals surface area contributed by atoms with Gasteiger partial charge in [-0.3, -0.25) is 0 Å². The third kappa shape index (κ3) is 3.54. The summed E-state index contributed by atoms with van der Waals surface area (Å²) in [5.41, 5.74) is 2.78. The number of hydrogen-bond donors (Lipinski definition) is 1. The van der Waals surface area contributed by atoms with Crippen LogP contribution in [0, 0.1) is 6.92 Å². The second-order valence-corrected chi connectivity index (χ2v) is 6.02. The Hall–Kier alpha value is -1.03. The van der Waals surface area contributed by atoms with Crippen LogP contribution in [0.4, 0.5) is 0 Å². The maximum absolute atomic E-state index is 10.4. The SMILES string of the molecule is COc1ccc(Br)cc1C(O)Cc1ccc(C)cc1Cl. The van der Waals surface area contributed by atoms with Gasteiger partial charge in [0.05, 0.1) is 13.2 Å². The van der Waals surface area contributed by atoms with Crippen LogP contribution in [-0.2, 0) is 6.42 Å². The van der Waals surface area contributed by atoms with E-state index in [4.69, 9.17) is 16.3 Å². The number of halogens is 2. The summed E-state index contributed by atoms with van der Waals surface area (Å²) in [5.74, 6) is 0.670. The summed E-state index contributed by atoms with van der Waals surface area (Å²) in [4.78, 5) is 0. The molecule has 0 radical (unpaired) electrons. The lowest BCUT2D eigenvalue weighted by Crippen LogP contribution is -2.05. The largest absolute Gasteiger partial charge is 0.496 e. The highest BCUT2D eigenvalue weighted by Gasteiger charge is 2.16. The maximum Gasteiger partial charge on any atom is 0.124 e. The quantitative estimate of drug-likeness (QED) is 0.861. The Kier molecular flexibility index (Phi) is 5.08. The molecule has 0 spiro atoms. The predicted octanol–water partition coefficient (Wildman–Crippen LogP) is 4.70. The Bertz CT molecular complexity index is 613. The molecule has 2 aromatic carbocycles. The summed E-state index contributed by atoms with van der Waals surface area (Å²) >= 11 is 9.62. The topological polar surface area (TPSA) is 29.5 Å². The number of hydrogen-bond acceptors (Lipinski definition) is 2. The van der Waals surface area contributed by atoms with Gasteiger partial charge in [0.2, 0.25) is 0 Å². The van der Waals surface area contributed by atoms with E-state index >= 15 is 0 Å². The maximum atomic E-state index is 10.4. The molecule has 0 fully saturated rings. The normalized spacial score (nSPS) is 12.2. The number of methoxy groups -OCH3 is 1. The molecule has 0 aliphatic heterocycles. The van der Waals surface area contributed by atoms with Crippen molar-refractivity contribution < 1.29 is 9.84 Å². The van der Waals surface area contributed by atoms with E-state index in [0.29, 0.717) is 17.2 Å². The summed E-state index contributed by atoms with van der Waals surface area (Å²) in [5, 5.41) is 11.1. The smallest absolute Gasteiger partial charge is 0.124 e. The Morgan fingerprint density at radius 3 is 2.65 bits per heavy atom. The molecular formula is C16H16BrClO2. The molecule has 0 amide bonds. The van der Waals surface area contributed by atoms with E-state index < -0.39 is 6.10 Å². The van der Waals surface area contributed by atoms with Crippen LogP contribution in [0.2, 0.25) is 5.02 Å². The fourth-order valence-corrected chi connectivity index (χ4v) is 2.79. The number of aliphatic hydroxyl groups excluding tert-OH is 1. The second kappa shape index (κ2) is 6.61. The van der Waals surface area contributed by atoms with Crippen LogP contribution in [0.25, 0.3) is 0 Å². The van der Waals surface area contributed by atoms with Crippen molar-refractivity contribution in [2.45, 2.75) is 19.4 Å². The fraction of sp³-hybridized carbons (Fsp3) is 0.250. The molecule has 0 saturated carbocycles. The molecule has 0 aromatic heterocycles. The zero-order valence-corrected chi connectivity index (χ0v) is 13.7. The van der Waals surface area contributed by atoms with E-state index in [1.165, 1.54) is 0 Å². The van der Waals surface area contributed by atoms with E-state index in [0.717, 1.165) is 21.2 Å². The lowest BCUT2D eigenvalue weighted by Gasteiger charge is -2.16.